The fourth-order valence-corrected chi connectivity index (χ4v) is 16.3. The molecule has 7 heteroatoms. The first-order valence-electron chi connectivity index (χ1n) is 29.1. The average Bonchev–Trinajstić information content (AvgIpc) is 2.72. The van der Waals surface area contributed by atoms with Crippen molar-refractivity contribution in [2.24, 2.45) is 11.8 Å². The van der Waals surface area contributed by atoms with Crippen LogP contribution in [0.25, 0.3) is 49.4 Å². The van der Waals surface area contributed by atoms with Gasteiger partial charge in [0.2, 0.25) is 0 Å². The number of aromatic nitrogens is 1. The largest absolute Gasteiger partial charge is 0.483 e. The van der Waals surface area contributed by atoms with Gasteiger partial charge in [0.15, 0.2) is 5.58 Å². The van der Waals surface area contributed by atoms with Crippen LogP contribution in [0.2, 0.25) is 0 Å². The molecule has 0 radical (unpaired) electrons. The predicted octanol–water partition coefficient (Wildman–Crippen LogP) is 18.0. The third-order valence-electron chi connectivity index (χ3n) is 19.6. The molecule has 6 atom stereocenters. The first-order valence-corrected chi connectivity index (χ1v) is 29.1. The Labute approximate surface area is 476 Å². The quantitative estimate of drug-likeness (QED) is 0.154. The molecule has 17 rings (SSSR count). The van der Waals surface area contributed by atoms with E-state index in [9.17, 15) is 10.5 Å². The molecule has 5 aliphatic carbocycles. The number of benzene rings is 8. The maximum absolute atomic E-state index is 10.2. The fraction of sp³-hybridized carbons (Fsp3) is 0.173. The van der Waals surface area contributed by atoms with E-state index in [1.54, 1.807) is 0 Å². The molecule has 0 amide bonds. The van der Waals surface area contributed by atoms with Crippen molar-refractivity contribution < 1.29 is 9.15 Å². The summed E-state index contributed by atoms with van der Waals surface area (Å²) in [5.41, 5.74) is 23.1. The Kier molecular flexibility index (Phi) is 10.1. The Hall–Kier alpha value is -9.82. The highest BCUT2D eigenvalue weighted by atomic mass is 16.5. The van der Waals surface area contributed by atoms with Crippen LogP contribution in [-0.4, -0.2) is 16.7 Å². The van der Waals surface area contributed by atoms with E-state index in [0.717, 1.165) is 88.1 Å². The number of furan rings is 1. The molecule has 7 aliphatic rings. The molecule has 0 saturated carbocycles. The molecule has 0 bridgehead atoms. The SMILES string of the molecule is CC1=CCCC2c3cccc(N(c4ccc(C#N)cc4)C4CC5C(=C6C=CC=CC64)C4=C(C=C(N(c6ccc(C#N)cc6)c6cccc7c6oc6c(C)cccc67)CC4)C54c5ccccc5-n5c6ccccc6c6cccc4c65)c3OC12. The normalized spacial score (nSPS) is 22.5. The van der Waals surface area contributed by atoms with Crippen LogP contribution in [0.5, 0.6) is 5.75 Å². The van der Waals surface area contributed by atoms with Crippen molar-refractivity contribution in [3.8, 4) is 23.6 Å². The minimum absolute atomic E-state index is 0.00595. The van der Waals surface area contributed by atoms with Gasteiger partial charge in [0.1, 0.15) is 17.4 Å². The summed E-state index contributed by atoms with van der Waals surface area (Å²) in [6.45, 7) is 4.36. The van der Waals surface area contributed by atoms with Crippen molar-refractivity contribution in [1.29, 1.82) is 10.5 Å². The van der Waals surface area contributed by atoms with E-state index in [2.05, 4.69) is 222 Å². The molecule has 8 aromatic carbocycles. The molecule has 2 aliphatic heterocycles. The van der Waals surface area contributed by atoms with Crippen LogP contribution < -0.4 is 14.5 Å². The van der Waals surface area contributed by atoms with Gasteiger partial charge in [-0.25, -0.2) is 0 Å². The number of allylic oxidation sites excluding steroid dienone is 9. The van der Waals surface area contributed by atoms with Crippen LogP contribution in [0, 0.1) is 41.4 Å². The second kappa shape index (κ2) is 17.6. The summed E-state index contributed by atoms with van der Waals surface area (Å²) in [4.78, 5) is 5.04. The van der Waals surface area contributed by atoms with E-state index >= 15 is 0 Å². The molecule has 4 heterocycles. The highest BCUT2D eigenvalue weighted by molar-refractivity contribution is 6.13. The summed E-state index contributed by atoms with van der Waals surface area (Å²) >= 11 is 0. The molecule has 2 aromatic heterocycles. The molecule has 7 nitrogen and oxygen atoms in total. The number of ether oxygens (including phenoxy) is 1. The topological polar surface area (TPSA) is 81.4 Å². The Morgan fingerprint density at radius 2 is 1.37 bits per heavy atom. The van der Waals surface area contributed by atoms with Crippen molar-refractivity contribution >= 4 is 66.5 Å². The number of para-hydroxylation sites is 6. The zero-order valence-electron chi connectivity index (χ0n) is 45.6. The fourth-order valence-electron chi connectivity index (χ4n) is 16.3. The number of nitrogens with zero attached hydrogens (tertiary/aromatic N) is 5. The number of fused-ring (bicyclic) bond motifs is 18. The molecule has 10 aromatic rings. The lowest BCUT2D eigenvalue weighted by Gasteiger charge is -2.50. The van der Waals surface area contributed by atoms with Crippen molar-refractivity contribution in [2.45, 2.75) is 69.4 Å². The summed E-state index contributed by atoms with van der Waals surface area (Å²) in [6.07, 6.45) is 18.9. The zero-order valence-corrected chi connectivity index (χ0v) is 45.6. The van der Waals surface area contributed by atoms with E-state index in [1.165, 1.54) is 77.7 Å². The number of anilines is 4. The van der Waals surface area contributed by atoms with E-state index in [-0.39, 0.29) is 24.0 Å². The van der Waals surface area contributed by atoms with Crippen LogP contribution >= 0.6 is 0 Å². The number of aryl methyl sites for hydroxylation is 1. The second-order valence-corrected chi connectivity index (χ2v) is 23.5. The predicted molar refractivity (Wildman–Crippen MR) is 328 cm³/mol. The molecule has 6 unspecified atom stereocenters. The Morgan fingerprint density at radius 3 is 2.21 bits per heavy atom. The van der Waals surface area contributed by atoms with Gasteiger partial charge in [-0.15, -0.1) is 0 Å². The number of rotatable bonds is 6. The maximum Gasteiger partial charge on any atom is 0.159 e. The summed E-state index contributed by atoms with van der Waals surface area (Å²) < 4.78 is 16.9. The summed E-state index contributed by atoms with van der Waals surface area (Å²) in [5, 5.41) is 25.0. The van der Waals surface area contributed by atoms with Crippen LogP contribution in [0.3, 0.4) is 0 Å². The zero-order chi connectivity index (χ0) is 54.5. The van der Waals surface area contributed by atoms with Gasteiger partial charge in [-0.2, -0.15) is 10.5 Å². The van der Waals surface area contributed by atoms with Crippen LogP contribution in [0.1, 0.15) is 78.3 Å². The van der Waals surface area contributed by atoms with Gasteiger partial charge in [-0.05, 0) is 169 Å². The minimum Gasteiger partial charge on any atom is -0.483 e. The molecule has 82 heavy (non-hydrogen) atoms. The minimum atomic E-state index is -0.664. The van der Waals surface area contributed by atoms with Crippen molar-refractivity contribution in [3.05, 3.63) is 273 Å². The van der Waals surface area contributed by atoms with Gasteiger partial charge in [0.25, 0.3) is 0 Å². The molecule has 0 saturated heterocycles. The third kappa shape index (κ3) is 6.34. The van der Waals surface area contributed by atoms with Crippen molar-refractivity contribution in [3.63, 3.8) is 0 Å². The van der Waals surface area contributed by atoms with Gasteiger partial charge in [-0.3, -0.25) is 0 Å². The lowest BCUT2D eigenvalue weighted by molar-refractivity contribution is 0.230. The molecule has 0 N–H and O–H groups in total. The maximum atomic E-state index is 10.2. The van der Waals surface area contributed by atoms with E-state index in [0.29, 0.717) is 17.0 Å². The second-order valence-electron chi connectivity index (χ2n) is 23.5. The summed E-state index contributed by atoms with van der Waals surface area (Å²) in [7, 11) is 0. The Bertz CT molecular complexity index is 4730. The van der Waals surface area contributed by atoms with E-state index in [4.69, 9.17) is 9.15 Å². The van der Waals surface area contributed by atoms with Crippen LogP contribution in [0.4, 0.5) is 22.7 Å². The highest BCUT2D eigenvalue weighted by Gasteiger charge is 2.60. The average molecular weight is 1060 g/mol. The van der Waals surface area contributed by atoms with Crippen LogP contribution in [-0.2, 0) is 5.41 Å². The smallest absolute Gasteiger partial charge is 0.159 e. The molecule has 392 valence electrons. The van der Waals surface area contributed by atoms with Gasteiger partial charge >= 0.3 is 0 Å². The molecular weight excluding hydrogens is 1000 g/mol. The number of nitriles is 2. The number of hydrogen-bond donors (Lipinski definition) is 0. The first-order chi connectivity index (χ1) is 40.4. The van der Waals surface area contributed by atoms with Gasteiger partial charge < -0.3 is 23.5 Å². The molecule has 0 fully saturated rings. The Morgan fingerprint density at radius 1 is 0.659 bits per heavy atom. The van der Waals surface area contributed by atoms with Crippen LogP contribution in [0.15, 0.2) is 244 Å². The summed E-state index contributed by atoms with van der Waals surface area (Å²) in [5.74, 6) is 1.27. The Balaban J connectivity index is 0.946. The van der Waals surface area contributed by atoms with Crippen molar-refractivity contribution in [1.82, 2.24) is 4.57 Å². The molecule has 1 spiro atoms. The lowest BCUT2D eigenvalue weighted by atomic mass is 9.57. The summed E-state index contributed by atoms with van der Waals surface area (Å²) in [6, 6.07) is 66.2. The van der Waals surface area contributed by atoms with Gasteiger partial charge in [-0.1, -0.05) is 127 Å². The lowest BCUT2D eigenvalue weighted by Crippen LogP contribution is -2.48. The number of hydrogen-bond acceptors (Lipinski definition) is 6. The van der Waals surface area contributed by atoms with E-state index < -0.39 is 5.41 Å². The third-order valence-corrected chi connectivity index (χ3v) is 19.6. The first kappa shape index (κ1) is 47.0. The monoisotopic (exact) mass is 1060 g/mol. The van der Waals surface area contributed by atoms with E-state index in [1.807, 2.05) is 24.3 Å². The van der Waals surface area contributed by atoms with Gasteiger partial charge in [0.05, 0.1) is 56.8 Å². The molecular formula is C75H55N5O2. The van der Waals surface area contributed by atoms with Crippen molar-refractivity contribution in [2.75, 3.05) is 9.80 Å². The standard InChI is InChI=1S/C75H55N5O2/c1-44-14-9-20-55-57-22-12-28-66(73(57)81-71(44)55)78(48-34-30-46(42-76)31-35-48)50-38-39-59-62(40-50)75(60-24-6-8-27-65(60)80-64-26-7-5-17-52(64)54-19-11-25-61(75)70(54)80)63-41-68(51-16-3-4-18-53(51)69(59)63)79(49-36-32-47(43-77)33-37-49)67-29-13-23-58-56-21-10-15-45(2)72(56)82-74(58)67/h3-9,11-20,22-37,40,51,56,63,68,72H,10,21,38-39,41H2,1-2H3. The van der Waals surface area contributed by atoms with Gasteiger partial charge in [0, 0.05) is 68.0 Å². The highest BCUT2D eigenvalue weighted by Crippen LogP contribution is 2.68.